The average molecular weight is 387 g/mol. The Morgan fingerprint density at radius 3 is 2.31 bits per heavy atom. The van der Waals surface area contributed by atoms with E-state index in [1.54, 1.807) is 0 Å². The number of aliphatic carboxylic acids is 1. The molecule has 26 heavy (non-hydrogen) atoms. The van der Waals surface area contributed by atoms with Gasteiger partial charge in [0.15, 0.2) is 0 Å². The van der Waals surface area contributed by atoms with E-state index in [0.29, 0.717) is 12.0 Å². The molecule has 2 aromatic carbocycles. The molecular formula is C19H18ClF3O3. The van der Waals surface area contributed by atoms with Gasteiger partial charge in [0.05, 0.1) is 16.5 Å². The topological polar surface area (TPSA) is 57.5 Å². The van der Waals surface area contributed by atoms with Crippen LogP contribution in [0.4, 0.5) is 13.2 Å². The second kappa shape index (κ2) is 7.58. The van der Waals surface area contributed by atoms with Crippen LogP contribution >= 0.6 is 11.6 Å². The standard InChI is InChI=1S/C19H18ClF3O3/c1-10(2)5-15(18(25)26)13-6-12(7-14(24)8-13)11-3-4-17(20)16(9-11)19(21,22)23/h3-4,6-10,15,24H,5H2,1-2H3,(H,25,26). The number of hydrogen-bond donors (Lipinski definition) is 2. The molecule has 0 fully saturated rings. The van der Waals surface area contributed by atoms with Crippen LogP contribution in [0.1, 0.15) is 37.3 Å². The van der Waals surface area contributed by atoms with Crippen LogP contribution in [0.15, 0.2) is 36.4 Å². The van der Waals surface area contributed by atoms with Crippen molar-refractivity contribution in [2.24, 2.45) is 5.92 Å². The van der Waals surface area contributed by atoms with Crippen LogP contribution in [-0.2, 0) is 11.0 Å². The van der Waals surface area contributed by atoms with E-state index in [4.69, 9.17) is 11.6 Å². The summed E-state index contributed by atoms with van der Waals surface area (Å²) in [5, 5.41) is 19.0. The van der Waals surface area contributed by atoms with Crippen LogP contribution in [0, 0.1) is 5.92 Å². The van der Waals surface area contributed by atoms with Crippen molar-refractivity contribution in [3.8, 4) is 16.9 Å². The second-order valence-corrected chi connectivity index (χ2v) is 6.93. The van der Waals surface area contributed by atoms with Gasteiger partial charge in [0.2, 0.25) is 0 Å². The molecule has 2 aromatic rings. The van der Waals surface area contributed by atoms with E-state index >= 15 is 0 Å². The molecule has 2 rings (SSSR count). The van der Waals surface area contributed by atoms with Gasteiger partial charge in [0.1, 0.15) is 5.75 Å². The number of hydrogen-bond acceptors (Lipinski definition) is 2. The smallest absolute Gasteiger partial charge is 0.417 e. The molecule has 0 saturated carbocycles. The van der Waals surface area contributed by atoms with Crippen LogP contribution < -0.4 is 0 Å². The number of carbonyl (C=O) groups is 1. The Balaban J connectivity index is 2.55. The summed E-state index contributed by atoms with van der Waals surface area (Å²) in [7, 11) is 0. The SMILES string of the molecule is CC(C)CC(C(=O)O)c1cc(O)cc(-c2ccc(Cl)c(C(F)(F)F)c2)c1. The molecule has 140 valence electrons. The average Bonchev–Trinajstić information content (AvgIpc) is 2.50. The third-order valence-corrected chi connectivity index (χ3v) is 4.28. The second-order valence-electron chi connectivity index (χ2n) is 6.53. The zero-order chi connectivity index (χ0) is 19.6. The van der Waals surface area contributed by atoms with Gasteiger partial charge in [-0.2, -0.15) is 13.2 Å². The lowest BCUT2D eigenvalue weighted by Gasteiger charge is -2.17. The maximum absolute atomic E-state index is 13.1. The Hall–Kier alpha value is -2.21. The molecule has 0 bridgehead atoms. The van der Waals surface area contributed by atoms with E-state index in [1.807, 2.05) is 13.8 Å². The summed E-state index contributed by atoms with van der Waals surface area (Å²) in [4.78, 5) is 11.6. The molecule has 0 aliphatic heterocycles. The summed E-state index contributed by atoms with van der Waals surface area (Å²) in [5.74, 6) is -2.04. The molecule has 0 saturated heterocycles. The largest absolute Gasteiger partial charge is 0.508 e. The highest BCUT2D eigenvalue weighted by molar-refractivity contribution is 6.31. The number of carboxylic acid groups (broad SMARTS) is 1. The molecule has 1 unspecified atom stereocenters. The molecule has 0 aliphatic rings. The van der Waals surface area contributed by atoms with Crippen molar-refractivity contribution in [1.82, 2.24) is 0 Å². The lowest BCUT2D eigenvalue weighted by Crippen LogP contribution is -2.14. The van der Waals surface area contributed by atoms with Crippen LogP contribution in [0.3, 0.4) is 0 Å². The normalized spacial score (nSPS) is 13.0. The molecule has 0 spiro atoms. The molecule has 0 amide bonds. The van der Waals surface area contributed by atoms with E-state index in [2.05, 4.69) is 0 Å². The Bertz CT molecular complexity index is 816. The number of rotatable bonds is 5. The van der Waals surface area contributed by atoms with Crippen LogP contribution in [0.2, 0.25) is 5.02 Å². The maximum Gasteiger partial charge on any atom is 0.417 e. The predicted molar refractivity (Wildman–Crippen MR) is 93.4 cm³/mol. The minimum atomic E-state index is -4.62. The molecule has 3 nitrogen and oxygen atoms in total. The number of carboxylic acids is 1. The Kier molecular flexibility index (Phi) is 5.86. The number of alkyl halides is 3. The molecule has 7 heteroatoms. The van der Waals surface area contributed by atoms with Crippen molar-refractivity contribution >= 4 is 17.6 Å². The van der Waals surface area contributed by atoms with Crippen molar-refractivity contribution in [2.75, 3.05) is 0 Å². The molecule has 0 aliphatic carbocycles. The molecule has 0 radical (unpaired) electrons. The summed E-state index contributed by atoms with van der Waals surface area (Å²) in [5.41, 5.74) is -0.173. The number of halogens is 4. The van der Waals surface area contributed by atoms with Gasteiger partial charge in [-0.05, 0) is 53.3 Å². The highest BCUT2D eigenvalue weighted by Crippen LogP contribution is 2.38. The van der Waals surface area contributed by atoms with E-state index in [9.17, 15) is 28.2 Å². The monoisotopic (exact) mass is 386 g/mol. The zero-order valence-electron chi connectivity index (χ0n) is 14.1. The maximum atomic E-state index is 13.1. The van der Waals surface area contributed by atoms with Gasteiger partial charge in [-0.1, -0.05) is 37.6 Å². The first-order valence-electron chi connectivity index (χ1n) is 7.93. The van der Waals surface area contributed by atoms with Gasteiger partial charge >= 0.3 is 12.1 Å². The van der Waals surface area contributed by atoms with Crippen molar-refractivity contribution in [3.63, 3.8) is 0 Å². The lowest BCUT2D eigenvalue weighted by molar-refractivity contribution is -0.139. The minimum absolute atomic E-state index is 0.0919. The quantitative estimate of drug-likeness (QED) is 0.668. The number of benzene rings is 2. The van der Waals surface area contributed by atoms with Gasteiger partial charge < -0.3 is 10.2 Å². The molecule has 0 aromatic heterocycles. The fraction of sp³-hybridized carbons (Fsp3) is 0.316. The van der Waals surface area contributed by atoms with E-state index < -0.39 is 28.6 Å². The number of phenolic OH excluding ortho intramolecular Hbond substituents is 1. The van der Waals surface area contributed by atoms with Gasteiger partial charge in [-0.15, -0.1) is 0 Å². The van der Waals surface area contributed by atoms with E-state index in [1.165, 1.54) is 24.3 Å². The van der Waals surface area contributed by atoms with Crippen molar-refractivity contribution in [1.29, 1.82) is 0 Å². The first kappa shape index (κ1) is 20.1. The molecular weight excluding hydrogens is 369 g/mol. The fourth-order valence-corrected chi connectivity index (χ4v) is 3.00. The highest BCUT2D eigenvalue weighted by atomic mass is 35.5. The summed E-state index contributed by atoms with van der Waals surface area (Å²) in [6.45, 7) is 3.74. The Morgan fingerprint density at radius 2 is 1.77 bits per heavy atom. The molecule has 0 heterocycles. The summed E-state index contributed by atoms with van der Waals surface area (Å²) in [6, 6.07) is 7.52. The third-order valence-electron chi connectivity index (χ3n) is 3.95. The van der Waals surface area contributed by atoms with Crippen LogP contribution in [-0.4, -0.2) is 16.2 Å². The van der Waals surface area contributed by atoms with E-state index in [0.717, 1.165) is 12.1 Å². The van der Waals surface area contributed by atoms with E-state index in [-0.39, 0.29) is 22.8 Å². The summed E-state index contributed by atoms with van der Waals surface area (Å²) < 4.78 is 39.2. The van der Waals surface area contributed by atoms with Gasteiger partial charge in [-0.3, -0.25) is 4.79 Å². The molecule has 2 N–H and O–H groups in total. The first-order chi connectivity index (χ1) is 12.0. The van der Waals surface area contributed by atoms with Crippen molar-refractivity contribution < 1.29 is 28.2 Å². The van der Waals surface area contributed by atoms with Crippen molar-refractivity contribution in [2.45, 2.75) is 32.4 Å². The predicted octanol–water partition coefficient (Wildman–Crippen LogP) is 5.95. The summed E-state index contributed by atoms with van der Waals surface area (Å²) in [6.07, 6.45) is -4.28. The zero-order valence-corrected chi connectivity index (χ0v) is 14.9. The summed E-state index contributed by atoms with van der Waals surface area (Å²) >= 11 is 5.63. The Morgan fingerprint density at radius 1 is 1.12 bits per heavy atom. The van der Waals surface area contributed by atoms with Gasteiger partial charge in [0.25, 0.3) is 0 Å². The minimum Gasteiger partial charge on any atom is -0.508 e. The number of aromatic hydroxyl groups is 1. The van der Waals surface area contributed by atoms with Crippen LogP contribution in [0.25, 0.3) is 11.1 Å². The third kappa shape index (κ3) is 4.69. The lowest BCUT2D eigenvalue weighted by atomic mass is 9.88. The first-order valence-corrected chi connectivity index (χ1v) is 8.30. The van der Waals surface area contributed by atoms with Crippen LogP contribution in [0.5, 0.6) is 5.75 Å². The number of phenols is 1. The van der Waals surface area contributed by atoms with Crippen molar-refractivity contribution in [3.05, 3.63) is 52.5 Å². The van der Waals surface area contributed by atoms with Gasteiger partial charge in [0, 0.05) is 0 Å². The Labute approximate surface area is 154 Å². The highest BCUT2D eigenvalue weighted by Gasteiger charge is 2.33. The molecule has 1 atom stereocenters. The van der Waals surface area contributed by atoms with Gasteiger partial charge in [-0.25, -0.2) is 0 Å². The fourth-order valence-electron chi connectivity index (χ4n) is 2.78.